The van der Waals surface area contributed by atoms with Crippen LogP contribution >= 0.6 is 11.8 Å². The second-order valence-corrected chi connectivity index (χ2v) is 7.08. The summed E-state index contributed by atoms with van der Waals surface area (Å²) in [5.74, 6) is 3.82. The zero-order chi connectivity index (χ0) is 15.7. The maximum absolute atomic E-state index is 4.69. The number of aromatic nitrogens is 2. The molecule has 0 unspecified atom stereocenters. The van der Waals surface area contributed by atoms with E-state index in [1.807, 2.05) is 11.8 Å². The molecule has 0 aliphatic carbocycles. The Morgan fingerprint density at radius 3 is 2.33 bits per heavy atom. The third-order valence-electron chi connectivity index (χ3n) is 3.36. The molecule has 1 aromatic rings. The lowest BCUT2D eigenvalue weighted by Gasteiger charge is -2.11. The number of hydrogen-bond donors (Lipinski definition) is 1. The van der Waals surface area contributed by atoms with Crippen molar-refractivity contribution in [2.75, 3.05) is 18.8 Å². The molecule has 1 N–H and O–H groups in total. The molecule has 0 saturated carbocycles. The third kappa shape index (κ3) is 7.28. The lowest BCUT2D eigenvalue weighted by molar-refractivity contribution is 0.636. The van der Waals surface area contributed by atoms with Gasteiger partial charge in [0.1, 0.15) is 5.82 Å². The van der Waals surface area contributed by atoms with Crippen molar-refractivity contribution in [2.45, 2.75) is 59.6 Å². The molecule has 120 valence electrons. The van der Waals surface area contributed by atoms with Gasteiger partial charge in [-0.3, -0.25) is 0 Å². The van der Waals surface area contributed by atoms with E-state index in [1.54, 1.807) is 0 Å². The van der Waals surface area contributed by atoms with Crippen molar-refractivity contribution in [1.82, 2.24) is 15.3 Å². The Hall–Kier alpha value is -0.610. The van der Waals surface area contributed by atoms with E-state index in [0.717, 1.165) is 54.8 Å². The number of rotatable bonds is 10. The van der Waals surface area contributed by atoms with Crippen molar-refractivity contribution in [3.8, 4) is 0 Å². The topological polar surface area (TPSA) is 37.8 Å². The van der Waals surface area contributed by atoms with Crippen molar-refractivity contribution >= 4 is 11.8 Å². The Morgan fingerprint density at radius 1 is 1.10 bits per heavy atom. The van der Waals surface area contributed by atoms with E-state index >= 15 is 0 Å². The van der Waals surface area contributed by atoms with Gasteiger partial charge in [-0.15, -0.1) is 0 Å². The van der Waals surface area contributed by atoms with Gasteiger partial charge in [-0.05, 0) is 63.4 Å². The third-order valence-corrected chi connectivity index (χ3v) is 4.72. The molecular formula is C17H31N3S. The Balaban J connectivity index is 2.50. The van der Waals surface area contributed by atoms with Crippen molar-refractivity contribution in [3.05, 3.63) is 22.8 Å². The highest BCUT2D eigenvalue weighted by Crippen LogP contribution is 2.17. The van der Waals surface area contributed by atoms with Crippen LogP contribution in [-0.4, -0.2) is 28.8 Å². The van der Waals surface area contributed by atoms with Gasteiger partial charge in [0.15, 0.2) is 0 Å². The Kier molecular flexibility index (Phi) is 8.93. The smallest absolute Gasteiger partial charge is 0.138 e. The molecule has 1 aromatic heterocycles. The SMILES string of the molecule is CCCNCCCc1c(C)nc(CSCC(C)C)nc1C. The van der Waals surface area contributed by atoms with Crippen LogP contribution in [-0.2, 0) is 12.2 Å². The highest BCUT2D eigenvalue weighted by molar-refractivity contribution is 7.98. The van der Waals surface area contributed by atoms with Gasteiger partial charge in [-0.25, -0.2) is 9.97 Å². The van der Waals surface area contributed by atoms with E-state index in [-0.39, 0.29) is 0 Å². The highest BCUT2D eigenvalue weighted by atomic mass is 32.2. The van der Waals surface area contributed by atoms with Gasteiger partial charge in [0.2, 0.25) is 0 Å². The Labute approximate surface area is 134 Å². The van der Waals surface area contributed by atoms with Crippen LogP contribution < -0.4 is 5.32 Å². The molecule has 0 spiro atoms. The first-order valence-corrected chi connectivity index (χ1v) is 9.31. The summed E-state index contributed by atoms with van der Waals surface area (Å²) in [6, 6.07) is 0. The van der Waals surface area contributed by atoms with Gasteiger partial charge < -0.3 is 5.32 Å². The summed E-state index contributed by atoms with van der Waals surface area (Å²) >= 11 is 1.93. The van der Waals surface area contributed by atoms with Crippen LogP contribution in [0, 0.1) is 19.8 Å². The van der Waals surface area contributed by atoms with E-state index in [9.17, 15) is 0 Å². The summed E-state index contributed by atoms with van der Waals surface area (Å²) in [5.41, 5.74) is 3.67. The molecule has 21 heavy (non-hydrogen) atoms. The molecule has 0 atom stereocenters. The van der Waals surface area contributed by atoms with Crippen LogP contribution in [0.3, 0.4) is 0 Å². The van der Waals surface area contributed by atoms with Crippen molar-refractivity contribution in [2.24, 2.45) is 5.92 Å². The maximum Gasteiger partial charge on any atom is 0.138 e. The second-order valence-electron chi connectivity index (χ2n) is 6.05. The Morgan fingerprint density at radius 2 is 1.76 bits per heavy atom. The fraction of sp³-hybridized carbons (Fsp3) is 0.765. The molecule has 3 nitrogen and oxygen atoms in total. The summed E-state index contributed by atoms with van der Waals surface area (Å²) in [7, 11) is 0. The van der Waals surface area contributed by atoms with E-state index in [1.165, 1.54) is 17.7 Å². The number of nitrogens with zero attached hydrogens (tertiary/aromatic N) is 2. The highest BCUT2D eigenvalue weighted by Gasteiger charge is 2.08. The minimum atomic E-state index is 0.729. The van der Waals surface area contributed by atoms with Crippen LogP contribution in [0.25, 0.3) is 0 Å². The van der Waals surface area contributed by atoms with Gasteiger partial charge in [0.25, 0.3) is 0 Å². The van der Waals surface area contributed by atoms with Gasteiger partial charge in [-0.2, -0.15) is 11.8 Å². The summed E-state index contributed by atoms with van der Waals surface area (Å²) in [6.45, 7) is 13.1. The van der Waals surface area contributed by atoms with Gasteiger partial charge in [-0.1, -0.05) is 20.8 Å². The molecule has 0 saturated heterocycles. The standard InChI is InChI=1S/C17H31N3S/c1-6-9-18-10-7-8-16-14(4)19-17(20-15(16)5)12-21-11-13(2)3/h13,18H,6-12H2,1-5H3. The molecule has 4 heteroatoms. The fourth-order valence-electron chi connectivity index (χ4n) is 2.31. The van der Waals surface area contributed by atoms with Crippen LogP contribution in [0.15, 0.2) is 0 Å². The van der Waals surface area contributed by atoms with E-state index in [0.29, 0.717) is 0 Å². The van der Waals surface area contributed by atoms with E-state index in [2.05, 4.69) is 39.9 Å². The molecule has 0 amide bonds. The molecule has 0 aliphatic rings. The monoisotopic (exact) mass is 309 g/mol. The van der Waals surface area contributed by atoms with Crippen molar-refractivity contribution in [3.63, 3.8) is 0 Å². The number of aryl methyl sites for hydroxylation is 2. The number of thioether (sulfide) groups is 1. The molecular weight excluding hydrogens is 278 g/mol. The summed E-state index contributed by atoms with van der Waals surface area (Å²) in [6.07, 6.45) is 3.43. The molecule has 0 fully saturated rings. The quantitative estimate of drug-likeness (QED) is 0.665. The first-order valence-electron chi connectivity index (χ1n) is 8.16. The zero-order valence-corrected chi connectivity index (χ0v) is 15.1. The summed E-state index contributed by atoms with van der Waals surface area (Å²) in [5, 5.41) is 3.45. The molecule has 0 aliphatic heterocycles. The van der Waals surface area contributed by atoms with Crippen LogP contribution in [0.5, 0.6) is 0 Å². The summed E-state index contributed by atoms with van der Waals surface area (Å²) in [4.78, 5) is 9.39. The first kappa shape index (κ1) is 18.4. The molecule has 0 aromatic carbocycles. The normalized spacial score (nSPS) is 11.3. The number of hydrogen-bond acceptors (Lipinski definition) is 4. The average molecular weight is 310 g/mol. The zero-order valence-electron chi connectivity index (χ0n) is 14.3. The van der Waals surface area contributed by atoms with E-state index in [4.69, 9.17) is 9.97 Å². The van der Waals surface area contributed by atoms with Gasteiger partial charge in [0, 0.05) is 11.4 Å². The predicted octanol–water partition coefficient (Wildman–Crippen LogP) is 3.91. The van der Waals surface area contributed by atoms with Gasteiger partial charge in [0.05, 0.1) is 5.75 Å². The second kappa shape index (κ2) is 10.2. The number of nitrogens with one attached hydrogen (secondary N) is 1. The molecule has 0 radical (unpaired) electrons. The Bertz CT molecular complexity index is 395. The fourth-order valence-corrected chi connectivity index (χ4v) is 3.21. The molecule has 1 heterocycles. The van der Waals surface area contributed by atoms with Crippen molar-refractivity contribution < 1.29 is 0 Å². The molecule has 0 bridgehead atoms. The lowest BCUT2D eigenvalue weighted by Crippen LogP contribution is -2.17. The van der Waals surface area contributed by atoms with Crippen LogP contribution in [0.2, 0.25) is 0 Å². The van der Waals surface area contributed by atoms with E-state index < -0.39 is 0 Å². The minimum absolute atomic E-state index is 0.729. The summed E-state index contributed by atoms with van der Waals surface area (Å²) < 4.78 is 0. The molecule has 1 rings (SSSR count). The van der Waals surface area contributed by atoms with Crippen molar-refractivity contribution in [1.29, 1.82) is 0 Å². The van der Waals surface area contributed by atoms with Gasteiger partial charge >= 0.3 is 0 Å². The van der Waals surface area contributed by atoms with Crippen LogP contribution in [0.1, 0.15) is 56.4 Å². The maximum atomic E-state index is 4.69. The minimum Gasteiger partial charge on any atom is -0.317 e. The lowest BCUT2D eigenvalue weighted by atomic mass is 10.1. The average Bonchev–Trinajstić information content (AvgIpc) is 2.40. The first-order chi connectivity index (χ1) is 10.0. The van der Waals surface area contributed by atoms with Crippen LogP contribution in [0.4, 0.5) is 0 Å². The predicted molar refractivity (Wildman–Crippen MR) is 94.0 cm³/mol. The largest absolute Gasteiger partial charge is 0.317 e.